The Hall–Kier alpha value is -4.08. The SMILES string of the molecule is COC(=O)c1cc(Cl)c(NC(=O)CCN2CCC(OC(=O)Nc3ccccc3-c3ccccc3)CC2)cc1OC. The summed E-state index contributed by atoms with van der Waals surface area (Å²) in [4.78, 5) is 39.3. The van der Waals surface area contributed by atoms with Crippen molar-refractivity contribution in [3.63, 3.8) is 0 Å². The predicted molar refractivity (Wildman–Crippen MR) is 154 cm³/mol. The Morgan fingerprint density at radius 3 is 2.33 bits per heavy atom. The number of hydrogen-bond donors (Lipinski definition) is 2. The number of ether oxygens (including phenoxy) is 3. The predicted octanol–water partition coefficient (Wildman–Crippen LogP) is 5.84. The molecule has 4 rings (SSSR count). The van der Waals surface area contributed by atoms with E-state index >= 15 is 0 Å². The molecule has 0 bridgehead atoms. The largest absolute Gasteiger partial charge is 0.496 e. The third kappa shape index (κ3) is 7.52. The molecule has 0 radical (unpaired) electrons. The molecule has 210 valence electrons. The van der Waals surface area contributed by atoms with Gasteiger partial charge in [0.25, 0.3) is 0 Å². The van der Waals surface area contributed by atoms with E-state index in [2.05, 4.69) is 15.5 Å². The van der Waals surface area contributed by atoms with Crippen LogP contribution in [0.2, 0.25) is 5.02 Å². The first-order valence-electron chi connectivity index (χ1n) is 13.0. The van der Waals surface area contributed by atoms with Crippen molar-refractivity contribution < 1.29 is 28.6 Å². The molecule has 1 saturated heterocycles. The number of likely N-dealkylation sites (tertiary alicyclic amines) is 1. The Kier molecular flexibility index (Phi) is 9.99. The minimum atomic E-state index is -0.585. The fourth-order valence-corrected chi connectivity index (χ4v) is 4.77. The van der Waals surface area contributed by atoms with Crippen LogP contribution in [0.25, 0.3) is 11.1 Å². The normalized spacial score (nSPS) is 13.8. The Labute approximate surface area is 238 Å². The third-order valence-corrected chi connectivity index (χ3v) is 6.99. The summed E-state index contributed by atoms with van der Waals surface area (Å²) < 4.78 is 15.7. The summed E-state index contributed by atoms with van der Waals surface area (Å²) in [6, 6.07) is 20.4. The number of methoxy groups -OCH3 is 2. The molecule has 40 heavy (non-hydrogen) atoms. The van der Waals surface area contributed by atoms with E-state index in [1.54, 1.807) is 0 Å². The lowest BCUT2D eigenvalue weighted by Gasteiger charge is -2.31. The van der Waals surface area contributed by atoms with Gasteiger partial charge in [-0.05, 0) is 30.5 Å². The summed E-state index contributed by atoms with van der Waals surface area (Å²) in [6.07, 6.45) is 0.917. The molecule has 3 aromatic carbocycles. The molecule has 1 heterocycles. The second-order valence-corrected chi connectivity index (χ2v) is 9.71. The van der Waals surface area contributed by atoms with Gasteiger partial charge in [0.2, 0.25) is 5.91 Å². The first-order valence-corrected chi connectivity index (χ1v) is 13.4. The van der Waals surface area contributed by atoms with Crippen molar-refractivity contribution in [3.05, 3.63) is 77.3 Å². The van der Waals surface area contributed by atoms with Crippen LogP contribution in [0.5, 0.6) is 5.75 Å². The number of piperidine rings is 1. The fraction of sp³-hybridized carbons (Fsp3) is 0.300. The minimum Gasteiger partial charge on any atom is -0.496 e. The van der Waals surface area contributed by atoms with Crippen molar-refractivity contribution in [1.82, 2.24) is 4.90 Å². The second-order valence-electron chi connectivity index (χ2n) is 9.31. The smallest absolute Gasteiger partial charge is 0.411 e. The summed E-state index contributed by atoms with van der Waals surface area (Å²) >= 11 is 6.27. The van der Waals surface area contributed by atoms with Crippen LogP contribution >= 0.6 is 11.6 Å². The van der Waals surface area contributed by atoms with E-state index in [1.807, 2.05) is 54.6 Å². The minimum absolute atomic E-state index is 0.173. The number of anilines is 2. The van der Waals surface area contributed by atoms with Gasteiger partial charge in [-0.25, -0.2) is 9.59 Å². The number of esters is 1. The lowest BCUT2D eigenvalue weighted by Crippen LogP contribution is -2.39. The molecule has 0 aliphatic carbocycles. The van der Waals surface area contributed by atoms with E-state index in [4.69, 9.17) is 25.8 Å². The van der Waals surface area contributed by atoms with Crippen molar-refractivity contribution in [2.45, 2.75) is 25.4 Å². The van der Waals surface area contributed by atoms with E-state index in [0.29, 0.717) is 43.9 Å². The monoisotopic (exact) mass is 565 g/mol. The summed E-state index contributed by atoms with van der Waals surface area (Å²) in [5.41, 5.74) is 3.15. The second kappa shape index (κ2) is 13.8. The Balaban J connectivity index is 1.22. The summed E-state index contributed by atoms with van der Waals surface area (Å²) in [6.45, 7) is 1.95. The van der Waals surface area contributed by atoms with Crippen LogP contribution in [-0.2, 0) is 14.3 Å². The van der Waals surface area contributed by atoms with Crippen LogP contribution in [0, 0.1) is 0 Å². The lowest BCUT2D eigenvalue weighted by molar-refractivity contribution is -0.116. The number of rotatable bonds is 9. The number of carbonyl (C=O) groups excluding carboxylic acids is 3. The highest BCUT2D eigenvalue weighted by Crippen LogP contribution is 2.32. The highest BCUT2D eigenvalue weighted by molar-refractivity contribution is 6.34. The average Bonchev–Trinajstić information content (AvgIpc) is 2.98. The maximum absolute atomic E-state index is 12.6. The maximum Gasteiger partial charge on any atom is 0.411 e. The van der Waals surface area contributed by atoms with Crippen LogP contribution in [0.15, 0.2) is 66.7 Å². The molecule has 1 fully saturated rings. The highest BCUT2D eigenvalue weighted by atomic mass is 35.5. The number of amides is 2. The lowest BCUT2D eigenvalue weighted by atomic mass is 10.0. The van der Waals surface area contributed by atoms with Crippen LogP contribution in [-0.4, -0.2) is 62.8 Å². The van der Waals surface area contributed by atoms with Gasteiger partial charge < -0.3 is 24.4 Å². The first-order chi connectivity index (χ1) is 19.4. The van der Waals surface area contributed by atoms with Gasteiger partial charge in [-0.2, -0.15) is 0 Å². The van der Waals surface area contributed by atoms with Gasteiger partial charge >= 0.3 is 12.1 Å². The molecule has 0 spiro atoms. The molecule has 1 aliphatic rings. The molecule has 3 aromatic rings. The Bertz CT molecular complexity index is 1340. The van der Waals surface area contributed by atoms with Crippen molar-refractivity contribution >= 4 is 40.9 Å². The molecule has 2 amide bonds. The van der Waals surface area contributed by atoms with E-state index in [9.17, 15) is 14.4 Å². The van der Waals surface area contributed by atoms with Gasteiger partial charge in [-0.15, -0.1) is 0 Å². The summed E-state index contributed by atoms with van der Waals surface area (Å²) in [7, 11) is 2.68. The highest BCUT2D eigenvalue weighted by Gasteiger charge is 2.23. The van der Waals surface area contributed by atoms with E-state index in [-0.39, 0.29) is 34.8 Å². The van der Waals surface area contributed by atoms with Gasteiger partial charge in [-0.1, -0.05) is 60.1 Å². The molecule has 0 unspecified atom stereocenters. The molecule has 2 N–H and O–H groups in total. The summed E-state index contributed by atoms with van der Waals surface area (Å²) in [5.74, 6) is -0.552. The Morgan fingerprint density at radius 2 is 1.62 bits per heavy atom. The van der Waals surface area contributed by atoms with Crippen LogP contribution in [0.1, 0.15) is 29.6 Å². The molecular weight excluding hydrogens is 534 g/mol. The molecule has 0 saturated carbocycles. The first kappa shape index (κ1) is 28.9. The van der Waals surface area contributed by atoms with Crippen LogP contribution < -0.4 is 15.4 Å². The van der Waals surface area contributed by atoms with Crippen LogP contribution in [0.3, 0.4) is 0 Å². The number of carbonyl (C=O) groups is 3. The number of para-hydroxylation sites is 1. The van der Waals surface area contributed by atoms with E-state index in [1.165, 1.54) is 26.4 Å². The standard InChI is InChI=1S/C30H32ClN3O6/c1-38-27-19-26(24(31)18-23(27)29(36)39-2)32-28(35)14-17-34-15-12-21(13-16-34)40-30(37)33-25-11-7-6-10-22(25)20-8-4-3-5-9-20/h3-11,18-19,21H,12-17H2,1-2H3,(H,32,35)(H,33,37). The Morgan fingerprint density at radius 1 is 0.925 bits per heavy atom. The average molecular weight is 566 g/mol. The number of hydrogen-bond acceptors (Lipinski definition) is 7. The topological polar surface area (TPSA) is 106 Å². The quantitative estimate of drug-likeness (QED) is 0.314. The van der Waals surface area contributed by atoms with Gasteiger partial charge in [-0.3, -0.25) is 10.1 Å². The van der Waals surface area contributed by atoms with Gasteiger partial charge in [0.1, 0.15) is 17.4 Å². The zero-order valence-corrected chi connectivity index (χ0v) is 23.2. The molecule has 1 aliphatic heterocycles. The zero-order valence-electron chi connectivity index (χ0n) is 22.4. The number of benzene rings is 3. The molecule has 10 heteroatoms. The van der Waals surface area contributed by atoms with Gasteiger partial charge in [0.15, 0.2) is 0 Å². The van der Waals surface area contributed by atoms with Gasteiger partial charge in [0, 0.05) is 37.7 Å². The maximum atomic E-state index is 12.6. The van der Waals surface area contributed by atoms with Crippen LogP contribution in [0.4, 0.5) is 16.2 Å². The number of nitrogens with one attached hydrogen (secondary N) is 2. The number of halogens is 1. The summed E-state index contributed by atoms with van der Waals surface area (Å²) in [5, 5.41) is 5.86. The number of nitrogens with zero attached hydrogens (tertiary/aromatic N) is 1. The molecule has 9 nitrogen and oxygen atoms in total. The van der Waals surface area contributed by atoms with E-state index in [0.717, 1.165) is 11.1 Å². The van der Waals surface area contributed by atoms with Gasteiger partial charge in [0.05, 0.1) is 30.6 Å². The van der Waals surface area contributed by atoms with Crippen molar-refractivity contribution in [2.75, 3.05) is 44.5 Å². The van der Waals surface area contributed by atoms with Crippen molar-refractivity contribution in [2.24, 2.45) is 0 Å². The van der Waals surface area contributed by atoms with Crippen molar-refractivity contribution in [1.29, 1.82) is 0 Å². The molecule has 0 atom stereocenters. The fourth-order valence-electron chi connectivity index (χ4n) is 4.56. The van der Waals surface area contributed by atoms with Crippen molar-refractivity contribution in [3.8, 4) is 16.9 Å². The molecule has 0 aromatic heterocycles. The molecular formula is C30H32ClN3O6. The van der Waals surface area contributed by atoms with E-state index < -0.39 is 12.1 Å². The zero-order chi connectivity index (χ0) is 28.5. The third-order valence-electron chi connectivity index (χ3n) is 6.68.